The zero-order valence-corrected chi connectivity index (χ0v) is 19.6. The van der Waals surface area contributed by atoms with E-state index in [9.17, 15) is 9.59 Å². The van der Waals surface area contributed by atoms with Gasteiger partial charge in [-0.05, 0) is 30.2 Å². The summed E-state index contributed by atoms with van der Waals surface area (Å²) in [5.41, 5.74) is 2.26. The third-order valence-corrected chi connectivity index (χ3v) is 7.24. The smallest absolute Gasteiger partial charge is 0.263 e. The fourth-order valence-corrected chi connectivity index (χ4v) is 5.46. The van der Waals surface area contributed by atoms with Crippen molar-refractivity contribution < 1.29 is 4.79 Å². The number of carbonyl (C=O) groups is 1. The van der Waals surface area contributed by atoms with Gasteiger partial charge in [0.05, 0.1) is 16.8 Å². The number of rotatable bonds is 7. The van der Waals surface area contributed by atoms with Crippen molar-refractivity contribution in [2.24, 2.45) is 0 Å². The maximum absolute atomic E-state index is 13.3. The van der Waals surface area contributed by atoms with Crippen LogP contribution in [0.3, 0.4) is 0 Å². The van der Waals surface area contributed by atoms with Gasteiger partial charge in [-0.15, -0.1) is 17.9 Å². The van der Waals surface area contributed by atoms with E-state index in [4.69, 9.17) is 16.6 Å². The van der Waals surface area contributed by atoms with Crippen LogP contribution in [-0.4, -0.2) is 26.2 Å². The lowest BCUT2D eigenvalue weighted by molar-refractivity contribution is -0.113. The molecule has 0 fully saturated rings. The predicted octanol–water partition coefficient (Wildman–Crippen LogP) is 5.40. The Kier molecular flexibility index (Phi) is 6.74. The molecule has 9 heteroatoms. The maximum atomic E-state index is 13.3. The summed E-state index contributed by atoms with van der Waals surface area (Å²) in [6.45, 7) is 6.01. The van der Waals surface area contributed by atoms with Crippen molar-refractivity contribution in [3.05, 3.63) is 82.4 Å². The number of nitrogens with zero attached hydrogens (tertiary/aromatic N) is 3. The number of thiophene rings is 1. The molecule has 0 aliphatic rings. The molecule has 3 heterocycles. The molecule has 1 amide bonds. The summed E-state index contributed by atoms with van der Waals surface area (Å²) in [4.78, 5) is 36.1. The van der Waals surface area contributed by atoms with Crippen LogP contribution in [0.4, 0.5) is 5.69 Å². The molecule has 4 aromatic rings. The average Bonchev–Trinajstić information content (AvgIpc) is 3.13. The summed E-state index contributed by atoms with van der Waals surface area (Å²) in [7, 11) is 0. The number of hydrogen-bond donors (Lipinski definition) is 1. The van der Waals surface area contributed by atoms with Gasteiger partial charge >= 0.3 is 0 Å². The molecule has 162 valence electrons. The van der Waals surface area contributed by atoms with Crippen LogP contribution in [0.2, 0.25) is 5.15 Å². The van der Waals surface area contributed by atoms with Gasteiger partial charge < -0.3 is 5.32 Å². The molecule has 0 radical (unpaired) electrons. The van der Waals surface area contributed by atoms with Crippen LogP contribution in [0.5, 0.6) is 0 Å². The zero-order chi connectivity index (χ0) is 22.7. The number of carbonyl (C=O) groups excluding carboxylic acids is 1. The van der Waals surface area contributed by atoms with E-state index >= 15 is 0 Å². The first-order chi connectivity index (χ1) is 15.5. The van der Waals surface area contributed by atoms with Gasteiger partial charge in [0, 0.05) is 17.6 Å². The van der Waals surface area contributed by atoms with Gasteiger partial charge in [-0.25, -0.2) is 9.97 Å². The number of allylic oxidation sites excluding steroid dienone is 1. The Morgan fingerprint density at radius 3 is 2.78 bits per heavy atom. The number of nitrogens with one attached hydrogen (secondary N) is 1. The Labute approximate surface area is 198 Å². The fourth-order valence-electron chi connectivity index (χ4n) is 3.26. The van der Waals surface area contributed by atoms with Crippen LogP contribution >= 0.6 is 34.7 Å². The summed E-state index contributed by atoms with van der Waals surface area (Å²) < 4.78 is 1.55. The Balaban J connectivity index is 1.67. The van der Waals surface area contributed by atoms with E-state index in [1.807, 2.05) is 37.3 Å². The first-order valence-electron chi connectivity index (χ1n) is 9.73. The molecular weight excluding hydrogens is 464 g/mol. The molecular formula is C23H19ClN4O2S2. The maximum Gasteiger partial charge on any atom is 0.263 e. The number of aromatic nitrogens is 3. The highest BCUT2D eigenvalue weighted by Crippen LogP contribution is 2.36. The highest BCUT2D eigenvalue weighted by atomic mass is 35.5. The Hall–Kier alpha value is -2.94. The molecule has 0 spiro atoms. The van der Waals surface area contributed by atoms with E-state index in [0.29, 0.717) is 27.6 Å². The molecule has 3 aromatic heterocycles. The number of anilines is 1. The van der Waals surface area contributed by atoms with Crippen molar-refractivity contribution in [1.82, 2.24) is 14.5 Å². The number of amides is 1. The van der Waals surface area contributed by atoms with Gasteiger partial charge in [0.15, 0.2) is 10.3 Å². The van der Waals surface area contributed by atoms with Gasteiger partial charge in [-0.3, -0.25) is 14.2 Å². The molecule has 6 nitrogen and oxygen atoms in total. The molecule has 1 aromatic carbocycles. The number of halogens is 1. The molecule has 0 aliphatic heterocycles. The van der Waals surface area contributed by atoms with E-state index in [2.05, 4.69) is 16.9 Å². The third kappa shape index (κ3) is 4.48. The highest BCUT2D eigenvalue weighted by molar-refractivity contribution is 7.99. The summed E-state index contributed by atoms with van der Waals surface area (Å²) in [5.74, 6) is -0.201. The Bertz CT molecular complexity index is 1370. The lowest BCUT2D eigenvalue weighted by Crippen LogP contribution is -2.23. The van der Waals surface area contributed by atoms with E-state index in [-0.39, 0.29) is 22.4 Å². The number of fused-ring (bicyclic) bond motifs is 1. The zero-order valence-electron chi connectivity index (χ0n) is 17.2. The Morgan fingerprint density at radius 1 is 1.28 bits per heavy atom. The number of aryl methyl sites for hydroxylation is 1. The van der Waals surface area contributed by atoms with Crippen molar-refractivity contribution in [3.8, 4) is 10.4 Å². The second-order valence-electron chi connectivity index (χ2n) is 6.88. The number of thioether (sulfide) groups is 1. The molecule has 1 N–H and O–H groups in total. The lowest BCUT2D eigenvalue weighted by Gasteiger charge is -2.10. The minimum atomic E-state index is -0.267. The van der Waals surface area contributed by atoms with Crippen LogP contribution in [0, 0.1) is 6.92 Å². The normalized spacial score (nSPS) is 10.9. The Morgan fingerprint density at radius 2 is 2.06 bits per heavy atom. The number of hydrogen-bond acceptors (Lipinski definition) is 6. The average molecular weight is 483 g/mol. The monoisotopic (exact) mass is 482 g/mol. The standard InChI is InChI=1S/C23H19ClN4O2S2/c1-3-12-28-22(30)18-14(2)19(15-8-5-4-6-9-15)32-21(18)27-23(28)31-13-17(29)26-16-10-7-11-25-20(16)24/h3-11H,1,12-13H2,2H3,(H,26,29). The van der Waals surface area contributed by atoms with Gasteiger partial charge in [0.1, 0.15) is 4.83 Å². The minimum Gasteiger partial charge on any atom is -0.323 e. The second-order valence-corrected chi connectivity index (χ2v) is 9.18. The fraction of sp³-hybridized carbons (Fsp3) is 0.130. The summed E-state index contributed by atoms with van der Waals surface area (Å²) in [6.07, 6.45) is 3.20. The van der Waals surface area contributed by atoms with E-state index < -0.39 is 0 Å². The van der Waals surface area contributed by atoms with E-state index in [1.165, 1.54) is 23.1 Å². The molecule has 0 aliphatic carbocycles. The topological polar surface area (TPSA) is 76.9 Å². The van der Waals surface area contributed by atoms with E-state index in [0.717, 1.165) is 16.0 Å². The van der Waals surface area contributed by atoms with Crippen LogP contribution in [0.1, 0.15) is 5.56 Å². The van der Waals surface area contributed by atoms with Crippen molar-refractivity contribution in [3.63, 3.8) is 0 Å². The van der Waals surface area contributed by atoms with Crippen LogP contribution in [0.25, 0.3) is 20.7 Å². The molecule has 0 atom stereocenters. The van der Waals surface area contributed by atoms with Gasteiger partial charge in [-0.2, -0.15) is 0 Å². The first-order valence-corrected chi connectivity index (χ1v) is 11.9. The lowest BCUT2D eigenvalue weighted by atomic mass is 10.1. The SMILES string of the molecule is C=CCn1c(SCC(=O)Nc2cccnc2Cl)nc2sc(-c3ccccc3)c(C)c2c1=O. The van der Waals surface area contributed by atoms with Crippen molar-refractivity contribution in [2.45, 2.75) is 18.6 Å². The molecule has 32 heavy (non-hydrogen) atoms. The van der Waals surface area contributed by atoms with Crippen molar-refractivity contribution >= 4 is 56.5 Å². The van der Waals surface area contributed by atoms with Gasteiger partial charge in [0.2, 0.25) is 5.91 Å². The summed E-state index contributed by atoms with van der Waals surface area (Å²) >= 11 is 8.68. The quantitative estimate of drug-likeness (QED) is 0.165. The number of pyridine rings is 1. The van der Waals surface area contributed by atoms with Gasteiger partial charge in [-0.1, -0.05) is 59.8 Å². The predicted molar refractivity (Wildman–Crippen MR) is 133 cm³/mol. The van der Waals surface area contributed by atoms with Crippen LogP contribution in [-0.2, 0) is 11.3 Å². The van der Waals surface area contributed by atoms with Gasteiger partial charge in [0.25, 0.3) is 5.56 Å². The number of benzene rings is 1. The van der Waals surface area contributed by atoms with Crippen LogP contribution in [0.15, 0.2) is 71.3 Å². The third-order valence-electron chi connectivity index (χ3n) is 4.73. The summed E-state index contributed by atoms with van der Waals surface area (Å²) in [6, 6.07) is 13.3. The largest absolute Gasteiger partial charge is 0.323 e. The van der Waals surface area contributed by atoms with Crippen molar-refractivity contribution in [2.75, 3.05) is 11.1 Å². The van der Waals surface area contributed by atoms with Crippen molar-refractivity contribution in [1.29, 1.82) is 0 Å². The molecule has 0 saturated heterocycles. The molecule has 4 rings (SSSR count). The second kappa shape index (κ2) is 9.68. The summed E-state index contributed by atoms with van der Waals surface area (Å²) in [5, 5.41) is 4.02. The van der Waals surface area contributed by atoms with E-state index in [1.54, 1.807) is 29.0 Å². The first kappa shape index (κ1) is 22.3. The minimum absolute atomic E-state index is 0.0657. The highest BCUT2D eigenvalue weighted by Gasteiger charge is 2.19. The molecule has 0 saturated carbocycles. The van der Waals surface area contributed by atoms with Crippen LogP contribution < -0.4 is 10.9 Å². The molecule has 0 unspecified atom stereocenters. The molecule has 0 bridgehead atoms.